The third kappa shape index (κ3) is 4.04. The van der Waals surface area contributed by atoms with Gasteiger partial charge in [-0.15, -0.1) is 0 Å². The second kappa shape index (κ2) is 6.40. The molecule has 1 N–H and O–H groups in total. The van der Waals surface area contributed by atoms with Gasteiger partial charge in [0.05, 0.1) is 7.11 Å². The average Bonchev–Trinajstić information content (AvgIpc) is 2.36. The lowest BCUT2D eigenvalue weighted by atomic mass is 10.1. The number of esters is 1. The zero-order valence-corrected chi connectivity index (χ0v) is 11.4. The molecule has 0 unspecified atom stereocenters. The van der Waals surface area contributed by atoms with E-state index in [-0.39, 0.29) is 12.6 Å². The van der Waals surface area contributed by atoms with Crippen LogP contribution in [-0.4, -0.2) is 25.2 Å². The molecule has 0 amide bonds. The molecule has 0 aliphatic rings. The Morgan fingerprint density at radius 1 is 1.28 bits per heavy atom. The van der Waals surface area contributed by atoms with Crippen LogP contribution >= 0.6 is 0 Å². The van der Waals surface area contributed by atoms with E-state index in [4.69, 9.17) is 9.47 Å². The summed E-state index contributed by atoms with van der Waals surface area (Å²) in [6.45, 7) is 6.58. The second-order valence-corrected chi connectivity index (χ2v) is 4.58. The van der Waals surface area contributed by atoms with Crippen LogP contribution in [0.3, 0.4) is 0 Å². The Labute approximate surface area is 108 Å². The number of methoxy groups -OCH3 is 1. The fourth-order valence-electron chi connectivity index (χ4n) is 1.57. The Bertz CT molecular complexity index is 385. The first-order valence-corrected chi connectivity index (χ1v) is 6.04. The molecule has 4 nitrogen and oxygen atoms in total. The predicted octanol–water partition coefficient (Wildman–Crippen LogP) is 2.13. The van der Waals surface area contributed by atoms with Gasteiger partial charge in [0.1, 0.15) is 17.9 Å². The molecule has 1 aromatic carbocycles. The molecule has 100 valence electrons. The largest absolute Gasteiger partial charge is 0.497 e. The van der Waals surface area contributed by atoms with Crippen molar-refractivity contribution < 1.29 is 14.3 Å². The predicted molar refractivity (Wildman–Crippen MR) is 70.5 cm³/mol. The molecule has 0 aromatic heterocycles. The minimum absolute atomic E-state index is 0.250. The second-order valence-electron chi connectivity index (χ2n) is 4.58. The fraction of sp³-hybridized carbons (Fsp3) is 0.500. The Hall–Kier alpha value is -1.55. The van der Waals surface area contributed by atoms with E-state index in [9.17, 15) is 4.79 Å². The molecule has 18 heavy (non-hydrogen) atoms. The van der Waals surface area contributed by atoms with E-state index in [1.54, 1.807) is 7.11 Å². The van der Waals surface area contributed by atoms with Gasteiger partial charge in [0.15, 0.2) is 0 Å². The van der Waals surface area contributed by atoms with Crippen molar-refractivity contribution in [3.63, 3.8) is 0 Å². The minimum Gasteiger partial charge on any atom is -0.497 e. The van der Waals surface area contributed by atoms with Crippen LogP contribution in [0.2, 0.25) is 0 Å². The van der Waals surface area contributed by atoms with Crippen molar-refractivity contribution in [3.8, 4) is 5.75 Å². The quantitative estimate of drug-likeness (QED) is 0.787. The van der Waals surface area contributed by atoms with Crippen LogP contribution in [0.5, 0.6) is 5.75 Å². The van der Waals surface area contributed by atoms with Crippen molar-refractivity contribution in [1.82, 2.24) is 5.32 Å². The number of nitrogens with one attached hydrogen (secondary N) is 1. The molecule has 0 atom stereocenters. The normalized spacial score (nSPS) is 11.1. The molecule has 1 aromatic rings. The molecule has 0 radical (unpaired) electrons. The van der Waals surface area contributed by atoms with Crippen LogP contribution < -0.4 is 10.1 Å². The first-order valence-electron chi connectivity index (χ1n) is 6.04. The molecular weight excluding hydrogens is 230 g/mol. The summed E-state index contributed by atoms with van der Waals surface area (Å²) in [5, 5.41) is 3.08. The number of ether oxygens (including phenoxy) is 2. The maximum Gasteiger partial charge on any atom is 0.326 e. The van der Waals surface area contributed by atoms with E-state index in [0.717, 1.165) is 17.9 Å². The molecule has 0 fully saturated rings. The van der Waals surface area contributed by atoms with Crippen molar-refractivity contribution in [3.05, 3.63) is 29.8 Å². The number of benzene rings is 1. The topological polar surface area (TPSA) is 47.6 Å². The smallest absolute Gasteiger partial charge is 0.326 e. The van der Waals surface area contributed by atoms with E-state index >= 15 is 0 Å². The molecule has 1 rings (SSSR count). The zero-order chi connectivity index (χ0) is 13.6. The highest BCUT2D eigenvalue weighted by atomic mass is 16.5. The lowest BCUT2D eigenvalue weighted by Crippen LogP contribution is -2.47. The lowest BCUT2D eigenvalue weighted by molar-refractivity contribution is -0.151. The Kier molecular flexibility index (Phi) is 5.16. The van der Waals surface area contributed by atoms with Crippen molar-refractivity contribution >= 4 is 5.97 Å². The molecule has 0 aliphatic heterocycles. The van der Waals surface area contributed by atoms with Gasteiger partial charge in [0.25, 0.3) is 0 Å². The molecule has 0 bridgehead atoms. The Balaban J connectivity index is 2.51. The number of hydrogen-bond acceptors (Lipinski definition) is 4. The van der Waals surface area contributed by atoms with Crippen LogP contribution in [0.25, 0.3) is 0 Å². The van der Waals surface area contributed by atoms with Crippen molar-refractivity contribution in [2.45, 2.75) is 32.9 Å². The van der Waals surface area contributed by atoms with Gasteiger partial charge in [-0.3, -0.25) is 4.79 Å². The third-order valence-electron chi connectivity index (χ3n) is 2.66. The lowest BCUT2D eigenvalue weighted by Gasteiger charge is -2.23. The summed E-state index contributed by atoms with van der Waals surface area (Å²) in [7, 11) is 1.62. The third-order valence-corrected chi connectivity index (χ3v) is 2.66. The van der Waals surface area contributed by atoms with E-state index in [1.165, 1.54) is 0 Å². The average molecular weight is 251 g/mol. The van der Waals surface area contributed by atoms with Crippen LogP contribution in [0.4, 0.5) is 0 Å². The van der Waals surface area contributed by atoms with E-state index in [0.29, 0.717) is 0 Å². The number of likely N-dealkylation sites (N-methyl/N-ethyl adjacent to an activating group) is 1. The van der Waals surface area contributed by atoms with Crippen LogP contribution in [0.1, 0.15) is 26.3 Å². The summed E-state index contributed by atoms with van der Waals surface area (Å²) in [5.74, 6) is 0.540. The van der Waals surface area contributed by atoms with Crippen LogP contribution in [-0.2, 0) is 16.1 Å². The Morgan fingerprint density at radius 2 is 1.89 bits per heavy atom. The summed E-state index contributed by atoms with van der Waals surface area (Å²) in [6.07, 6.45) is 0. The zero-order valence-electron chi connectivity index (χ0n) is 11.4. The first kappa shape index (κ1) is 14.5. The molecule has 0 spiro atoms. The van der Waals surface area contributed by atoms with Crippen molar-refractivity contribution in [2.75, 3.05) is 13.7 Å². The van der Waals surface area contributed by atoms with Gasteiger partial charge < -0.3 is 14.8 Å². The Morgan fingerprint density at radius 3 is 2.39 bits per heavy atom. The molecule has 0 saturated heterocycles. The van der Waals surface area contributed by atoms with E-state index in [2.05, 4.69) is 5.32 Å². The summed E-state index contributed by atoms with van der Waals surface area (Å²) in [6, 6.07) is 7.45. The van der Waals surface area contributed by atoms with Gasteiger partial charge in [0, 0.05) is 0 Å². The van der Waals surface area contributed by atoms with Crippen LogP contribution in [0, 0.1) is 0 Å². The summed E-state index contributed by atoms with van der Waals surface area (Å²) < 4.78 is 10.3. The van der Waals surface area contributed by atoms with Gasteiger partial charge in [-0.2, -0.15) is 0 Å². The van der Waals surface area contributed by atoms with Crippen molar-refractivity contribution in [1.29, 1.82) is 0 Å². The molecule has 0 aliphatic carbocycles. The highest BCUT2D eigenvalue weighted by Crippen LogP contribution is 2.13. The first-order chi connectivity index (χ1) is 8.49. The fourth-order valence-corrected chi connectivity index (χ4v) is 1.57. The molecule has 0 saturated carbocycles. The van der Waals surface area contributed by atoms with Gasteiger partial charge in [-0.1, -0.05) is 19.1 Å². The number of carbonyl (C=O) groups is 1. The highest BCUT2D eigenvalue weighted by molar-refractivity contribution is 5.79. The molecular formula is C14H21NO3. The SMILES string of the molecule is CCNC(C)(C)C(=O)OCc1ccc(OC)cc1. The standard InChI is InChI=1S/C14H21NO3/c1-5-15-14(2,3)13(16)18-10-11-6-8-12(17-4)9-7-11/h6-9,15H,5,10H2,1-4H3. The molecule has 4 heteroatoms. The van der Waals surface area contributed by atoms with Gasteiger partial charge in [-0.25, -0.2) is 0 Å². The number of hydrogen-bond donors (Lipinski definition) is 1. The van der Waals surface area contributed by atoms with E-state index in [1.807, 2.05) is 45.0 Å². The summed E-state index contributed by atoms with van der Waals surface area (Å²) in [5.41, 5.74) is 0.290. The van der Waals surface area contributed by atoms with Gasteiger partial charge in [0.2, 0.25) is 0 Å². The van der Waals surface area contributed by atoms with Crippen LogP contribution in [0.15, 0.2) is 24.3 Å². The summed E-state index contributed by atoms with van der Waals surface area (Å²) >= 11 is 0. The highest BCUT2D eigenvalue weighted by Gasteiger charge is 2.27. The maximum atomic E-state index is 11.8. The number of rotatable bonds is 6. The molecule has 0 heterocycles. The number of carbonyl (C=O) groups excluding carboxylic acids is 1. The van der Waals surface area contributed by atoms with Crippen molar-refractivity contribution in [2.24, 2.45) is 0 Å². The van der Waals surface area contributed by atoms with Gasteiger partial charge >= 0.3 is 5.97 Å². The monoisotopic (exact) mass is 251 g/mol. The van der Waals surface area contributed by atoms with Gasteiger partial charge in [-0.05, 0) is 38.1 Å². The summed E-state index contributed by atoms with van der Waals surface area (Å²) in [4.78, 5) is 11.8. The maximum absolute atomic E-state index is 11.8. The minimum atomic E-state index is -0.652. The van der Waals surface area contributed by atoms with E-state index < -0.39 is 5.54 Å².